The zero-order valence-corrected chi connectivity index (χ0v) is 13.4. The van der Waals surface area contributed by atoms with E-state index >= 15 is 0 Å². The molecule has 3 N–H and O–H groups in total. The zero-order valence-electron chi connectivity index (χ0n) is 13.4. The van der Waals surface area contributed by atoms with Gasteiger partial charge < -0.3 is 16.0 Å². The van der Waals surface area contributed by atoms with E-state index in [0.29, 0.717) is 6.54 Å². The molecule has 0 aromatic carbocycles. The molecule has 2 amide bonds. The SMILES string of the molecule is CC(C)C(=O)NC1CCN(C(=O)C2(CN)CCCC2)CC1. The van der Waals surface area contributed by atoms with Gasteiger partial charge in [-0.1, -0.05) is 26.7 Å². The van der Waals surface area contributed by atoms with E-state index in [1.165, 1.54) is 0 Å². The van der Waals surface area contributed by atoms with E-state index in [2.05, 4.69) is 5.32 Å². The lowest BCUT2D eigenvalue weighted by molar-refractivity contribution is -0.142. The van der Waals surface area contributed by atoms with Crippen molar-refractivity contribution in [1.29, 1.82) is 0 Å². The van der Waals surface area contributed by atoms with Crippen LogP contribution in [0.5, 0.6) is 0 Å². The van der Waals surface area contributed by atoms with Crippen molar-refractivity contribution in [3.05, 3.63) is 0 Å². The molecule has 1 aliphatic heterocycles. The molecule has 0 atom stereocenters. The molecule has 120 valence electrons. The summed E-state index contributed by atoms with van der Waals surface area (Å²) in [5.74, 6) is 0.369. The van der Waals surface area contributed by atoms with Gasteiger partial charge in [-0.25, -0.2) is 0 Å². The van der Waals surface area contributed by atoms with Gasteiger partial charge in [0.2, 0.25) is 11.8 Å². The van der Waals surface area contributed by atoms with E-state index < -0.39 is 0 Å². The molecule has 5 nitrogen and oxygen atoms in total. The molecule has 21 heavy (non-hydrogen) atoms. The number of nitrogens with zero attached hydrogens (tertiary/aromatic N) is 1. The average molecular weight is 295 g/mol. The Hall–Kier alpha value is -1.10. The van der Waals surface area contributed by atoms with Crippen LogP contribution in [0.25, 0.3) is 0 Å². The van der Waals surface area contributed by atoms with Crippen molar-refractivity contribution in [3.63, 3.8) is 0 Å². The van der Waals surface area contributed by atoms with Crippen molar-refractivity contribution in [2.45, 2.75) is 58.4 Å². The van der Waals surface area contributed by atoms with Gasteiger partial charge in [0, 0.05) is 31.6 Å². The van der Waals surface area contributed by atoms with Crippen molar-refractivity contribution >= 4 is 11.8 Å². The van der Waals surface area contributed by atoms with Crippen LogP contribution >= 0.6 is 0 Å². The first-order valence-electron chi connectivity index (χ1n) is 8.28. The number of rotatable bonds is 4. The Morgan fingerprint density at radius 3 is 2.29 bits per heavy atom. The number of nitrogens with two attached hydrogens (primary N) is 1. The Balaban J connectivity index is 1.86. The van der Waals surface area contributed by atoms with Crippen LogP contribution in [0.4, 0.5) is 0 Å². The van der Waals surface area contributed by atoms with Crippen LogP contribution in [0.3, 0.4) is 0 Å². The van der Waals surface area contributed by atoms with Gasteiger partial charge in [0.25, 0.3) is 0 Å². The lowest BCUT2D eigenvalue weighted by Crippen LogP contribution is -2.52. The van der Waals surface area contributed by atoms with E-state index in [1.807, 2.05) is 18.7 Å². The Kier molecular flexibility index (Phi) is 5.25. The monoisotopic (exact) mass is 295 g/mol. The van der Waals surface area contributed by atoms with Crippen LogP contribution in [0.1, 0.15) is 52.4 Å². The van der Waals surface area contributed by atoms with E-state index in [0.717, 1.165) is 51.6 Å². The number of hydrogen-bond donors (Lipinski definition) is 2. The fraction of sp³-hybridized carbons (Fsp3) is 0.875. The Morgan fingerprint density at radius 2 is 1.81 bits per heavy atom. The van der Waals surface area contributed by atoms with Crippen LogP contribution in [0.2, 0.25) is 0 Å². The summed E-state index contributed by atoms with van der Waals surface area (Å²) in [4.78, 5) is 26.4. The maximum absolute atomic E-state index is 12.7. The van der Waals surface area contributed by atoms with Gasteiger partial charge in [0.15, 0.2) is 0 Å². The predicted molar refractivity (Wildman–Crippen MR) is 82.5 cm³/mol. The van der Waals surface area contributed by atoms with Crippen LogP contribution in [0.15, 0.2) is 0 Å². The van der Waals surface area contributed by atoms with Crippen LogP contribution in [-0.4, -0.2) is 42.4 Å². The highest BCUT2D eigenvalue weighted by Crippen LogP contribution is 2.39. The fourth-order valence-corrected chi connectivity index (χ4v) is 3.49. The van der Waals surface area contributed by atoms with Gasteiger partial charge in [-0.15, -0.1) is 0 Å². The van der Waals surface area contributed by atoms with Gasteiger partial charge >= 0.3 is 0 Å². The summed E-state index contributed by atoms with van der Waals surface area (Å²) in [6.45, 7) is 5.75. The molecule has 0 bridgehead atoms. The molecule has 5 heteroatoms. The molecule has 1 saturated carbocycles. The molecule has 0 aromatic rings. The second kappa shape index (κ2) is 6.77. The zero-order chi connectivity index (χ0) is 15.5. The standard InChI is InChI=1S/C16H29N3O2/c1-12(2)14(20)18-13-5-9-19(10-6-13)15(21)16(11-17)7-3-4-8-16/h12-13H,3-11,17H2,1-2H3,(H,18,20). The van der Waals surface area contributed by atoms with Gasteiger partial charge in [0.05, 0.1) is 5.41 Å². The van der Waals surface area contributed by atoms with Gasteiger partial charge in [-0.3, -0.25) is 9.59 Å². The minimum Gasteiger partial charge on any atom is -0.353 e. The molecule has 0 radical (unpaired) electrons. The summed E-state index contributed by atoms with van der Waals surface area (Å²) in [5.41, 5.74) is 5.60. The topological polar surface area (TPSA) is 75.4 Å². The highest BCUT2D eigenvalue weighted by atomic mass is 16.2. The lowest BCUT2D eigenvalue weighted by atomic mass is 9.84. The summed E-state index contributed by atoms with van der Waals surface area (Å²) in [7, 11) is 0. The number of hydrogen-bond acceptors (Lipinski definition) is 3. The number of amides is 2. The third-order valence-electron chi connectivity index (χ3n) is 5.06. The summed E-state index contributed by atoms with van der Waals surface area (Å²) >= 11 is 0. The molecular formula is C16H29N3O2. The molecule has 0 spiro atoms. The quantitative estimate of drug-likeness (QED) is 0.820. The molecule has 1 aliphatic carbocycles. The smallest absolute Gasteiger partial charge is 0.230 e. The first-order chi connectivity index (χ1) is 9.98. The first kappa shape index (κ1) is 16.3. The normalized spacial score (nSPS) is 22.6. The maximum Gasteiger partial charge on any atom is 0.230 e. The fourth-order valence-electron chi connectivity index (χ4n) is 3.49. The molecule has 1 heterocycles. The predicted octanol–water partition coefficient (Wildman–Crippen LogP) is 1.27. The van der Waals surface area contributed by atoms with E-state index in [9.17, 15) is 9.59 Å². The second-order valence-corrected chi connectivity index (χ2v) is 6.92. The van der Waals surface area contributed by atoms with Crippen molar-refractivity contribution < 1.29 is 9.59 Å². The van der Waals surface area contributed by atoms with Crippen molar-refractivity contribution in [2.75, 3.05) is 19.6 Å². The van der Waals surface area contributed by atoms with Gasteiger partial charge in [-0.2, -0.15) is 0 Å². The minimum atomic E-state index is -0.298. The number of nitrogens with one attached hydrogen (secondary N) is 1. The Bertz CT molecular complexity index is 381. The molecule has 2 aliphatic rings. The highest BCUT2D eigenvalue weighted by molar-refractivity contribution is 5.83. The first-order valence-corrected chi connectivity index (χ1v) is 8.28. The molecule has 2 rings (SSSR count). The number of carbonyl (C=O) groups excluding carboxylic acids is 2. The van der Waals surface area contributed by atoms with Crippen molar-refractivity contribution in [1.82, 2.24) is 10.2 Å². The van der Waals surface area contributed by atoms with E-state index in [-0.39, 0.29) is 29.2 Å². The van der Waals surface area contributed by atoms with Crippen molar-refractivity contribution in [2.24, 2.45) is 17.1 Å². The molecule has 0 unspecified atom stereocenters. The summed E-state index contributed by atoms with van der Waals surface area (Å²) in [5, 5.41) is 3.07. The molecule has 1 saturated heterocycles. The largest absolute Gasteiger partial charge is 0.353 e. The van der Waals surface area contributed by atoms with Crippen LogP contribution < -0.4 is 11.1 Å². The average Bonchev–Trinajstić information content (AvgIpc) is 2.97. The minimum absolute atomic E-state index is 0.0173. The number of likely N-dealkylation sites (tertiary alicyclic amines) is 1. The van der Waals surface area contributed by atoms with E-state index in [4.69, 9.17) is 5.73 Å². The Morgan fingerprint density at radius 1 is 1.24 bits per heavy atom. The molecule has 2 fully saturated rings. The molecular weight excluding hydrogens is 266 g/mol. The maximum atomic E-state index is 12.7. The molecule has 0 aromatic heterocycles. The highest BCUT2D eigenvalue weighted by Gasteiger charge is 2.43. The van der Waals surface area contributed by atoms with Crippen LogP contribution in [0, 0.1) is 11.3 Å². The third-order valence-corrected chi connectivity index (χ3v) is 5.06. The summed E-state index contributed by atoms with van der Waals surface area (Å²) in [6.07, 6.45) is 5.81. The summed E-state index contributed by atoms with van der Waals surface area (Å²) < 4.78 is 0. The number of piperidine rings is 1. The van der Waals surface area contributed by atoms with Crippen LogP contribution in [-0.2, 0) is 9.59 Å². The lowest BCUT2D eigenvalue weighted by Gasteiger charge is -2.38. The summed E-state index contributed by atoms with van der Waals surface area (Å²) in [6, 6.07) is 0.210. The van der Waals surface area contributed by atoms with E-state index in [1.54, 1.807) is 0 Å². The Labute approximate surface area is 127 Å². The third kappa shape index (κ3) is 3.57. The van der Waals surface area contributed by atoms with Gasteiger partial charge in [0.1, 0.15) is 0 Å². The number of carbonyl (C=O) groups is 2. The van der Waals surface area contributed by atoms with Crippen molar-refractivity contribution in [3.8, 4) is 0 Å². The second-order valence-electron chi connectivity index (χ2n) is 6.92. The van der Waals surface area contributed by atoms with Gasteiger partial charge in [-0.05, 0) is 25.7 Å².